The molecule has 0 saturated carbocycles. The van der Waals surface area contributed by atoms with Crippen LogP contribution in [0.3, 0.4) is 0 Å². The molecule has 5 nitrogen and oxygen atoms in total. The molecule has 1 atom stereocenters. The first-order valence-corrected chi connectivity index (χ1v) is 7.49. The van der Waals surface area contributed by atoms with Gasteiger partial charge in [0, 0.05) is 31.0 Å². The predicted molar refractivity (Wildman–Crippen MR) is 79.6 cm³/mol. The number of hydrogen-bond donors (Lipinski definition) is 0. The molecule has 1 aromatic carbocycles. The normalized spacial score (nSPS) is 16.9. The van der Waals surface area contributed by atoms with Gasteiger partial charge in [0.25, 0.3) is 0 Å². The fourth-order valence-corrected chi connectivity index (χ4v) is 2.58. The Morgan fingerprint density at radius 3 is 2.41 bits per heavy atom. The molecule has 1 aliphatic heterocycles. The Hall–Kier alpha value is -2.19. The zero-order valence-corrected chi connectivity index (χ0v) is 12.6. The molecule has 0 spiro atoms. The fourth-order valence-electron chi connectivity index (χ4n) is 2.58. The number of amides is 1. The van der Waals surface area contributed by atoms with Crippen LogP contribution in [0.25, 0.3) is 0 Å². The van der Waals surface area contributed by atoms with Crippen molar-refractivity contribution in [2.45, 2.75) is 32.3 Å². The summed E-state index contributed by atoms with van der Waals surface area (Å²) in [6.45, 7) is 2.72. The molecule has 22 heavy (non-hydrogen) atoms. The van der Waals surface area contributed by atoms with Crippen molar-refractivity contribution in [1.82, 2.24) is 4.90 Å². The third-order valence-corrected chi connectivity index (χ3v) is 4.02. The molecular formula is C17H19N2O3. The third kappa shape index (κ3) is 3.92. The highest BCUT2D eigenvalue weighted by Gasteiger charge is 2.25. The molecule has 0 bridgehead atoms. The number of hydrogen-bond acceptors (Lipinski definition) is 3. The molecule has 0 aromatic heterocycles. The Morgan fingerprint density at radius 1 is 1.27 bits per heavy atom. The monoisotopic (exact) mass is 299 g/mol. The Morgan fingerprint density at radius 2 is 1.86 bits per heavy atom. The molecule has 1 aromatic rings. The van der Waals surface area contributed by atoms with E-state index in [4.69, 9.17) is 5.26 Å². The molecule has 0 aliphatic carbocycles. The second-order valence-electron chi connectivity index (χ2n) is 5.74. The van der Waals surface area contributed by atoms with Gasteiger partial charge in [-0.2, -0.15) is 5.26 Å². The number of ketones is 1. The largest absolute Gasteiger partial charge is 0.342 e. The summed E-state index contributed by atoms with van der Waals surface area (Å²) < 4.78 is 0. The topological polar surface area (TPSA) is 81.1 Å². The highest BCUT2D eigenvalue weighted by atomic mass is 16.3. The zero-order valence-electron chi connectivity index (χ0n) is 12.6. The second-order valence-corrected chi connectivity index (χ2v) is 5.74. The van der Waals surface area contributed by atoms with E-state index in [-0.39, 0.29) is 18.1 Å². The number of piperidine rings is 1. The molecule has 2 rings (SSSR count). The second kappa shape index (κ2) is 7.19. The minimum absolute atomic E-state index is 0.0682. The van der Waals surface area contributed by atoms with Gasteiger partial charge in [0.1, 0.15) is 0 Å². The average Bonchev–Trinajstić information content (AvgIpc) is 2.54. The molecule has 1 saturated heterocycles. The van der Waals surface area contributed by atoms with Crippen LogP contribution in [0.5, 0.6) is 0 Å². The molecule has 5 heteroatoms. The quantitative estimate of drug-likeness (QED) is 0.799. The van der Waals surface area contributed by atoms with Crippen LogP contribution in [-0.4, -0.2) is 35.8 Å². The number of Topliss-reactive ketones (excluding diaryl/α,β-unsaturated/α-hetero) is 1. The fraction of sp³-hybridized carbons (Fsp3) is 0.471. The molecule has 1 unspecified atom stereocenters. The van der Waals surface area contributed by atoms with Crippen molar-refractivity contribution in [3.8, 4) is 6.07 Å². The summed E-state index contributed by atoms with van der Waals surface area (Å²) in [6.07, 6.45) is 0.567. The third-order valence-electron chi connectivity index (χ3n) is 4.02. The lowest BCUT2D eigenvalue weighted by molar-refractivity contribution is -0.134. The SMILES string of the molecule is CC(CC(=O)N1CCC([O])CC1)C(=O)c1ccc(C#N)cc1. The Bertz CT molecular complexity index is 581. The molecule has 1 amide bonds. The Balaban J connectivity index is 1.93. The number of carbonyl (C=O) groups excluding carboxylic acids is 2. The van der Waals surface area contributed by atoms with E-state index in [1.165, 1.54) is 0 Å². The van der Waals surface area contributed by atoms with E-state index in [2.05, 4.69) is 0 Å². The Labute approximate surface area is 130 Å². The number of carbonyl (C=O) groups is 2. The van der Waals surface area contributed by atoms with E-state index in [9.17, 15) is 14.7 Å². The van der Waals surface area contributed by atoms with Crippen molar-refractivity contribution >= 4 is 11.7 Å². The summed E-state index contributed by atoms with van der Waals surface area (Å²) in [5.74, 6) is -0.580. The Kier molecular flexibility index (Phi) is 5.29. The van der Waals surface area contributed by atoms with Crippen molar-refractivity contribution in [2.24, 2.45) is 5.92 Å². The van der Waals surface area contributed by atoms with Gasteiger partial charge in [-0.05, 0) is 25.0 Å². The summed E-state index contributed by atoms with van der Waals surface area (Å²) in [7, 11) is 0. The van der Waals surface area contributed by atoms with Gasteiger partial charge in [-0.3, -0.25) is 9.59 Å². The lowest BCUT2D eigenvalue weighted by atomic mass is 9.95. The average molecular weight is 299 g/mol. The number of nitriles is 1. The number of likely N-dealkylation sites (tertiary alicyclic amines) is 1. The minimum atomic E-state index is -0.568. The van der Waals surface area contributed by atoms with Crippen LogP contribution in [0.2, 0.25) is 0 Å². The molecule has 1 heterocycles. The van der Waals surface area contributed by atoms with Gasteiger partial charge in [0.05, 0.1) is 17.7 Å². The first kappa shape index (κ1) is 16.2. The molecule has 1 fully saturated rings. The summed E-state index contributed by atoms with van der Waals surface area (Å²) in [5, 5.41) is 20.0. The minimum Gasteiger partial charge on any atom is -0.342 e. The van der Waals surface area contributed by atoms with Crippen molar-refractivity contribution in [3.05, 3.63) is 35.4 Å². The molecule has 1 aliphatic rings. The van der Waals surface area contributed by atoms with Crippen molar-refractivity contribution < 1.29 is 14.7 Å². The van der Waals surface area contributed by atoms with Gasteiger partial charge < -0.3 is 4.90 Å². The van der Waals surface area contributed by atoms with Crippen LogP contribution in [-0.2, 0) is 9.90 Å². The highest BCUT2D eigenvalue weighted by Crippen LogP contribution is 2.17. The standard InChI is InChI=1S/C17H19N2O3/c1-12(10-16(21)19-8-6-15(20)7-9-19)17(22)14-4-2-13(11-18)3-5-14/h2-5,12,15H,6-10H2,1H3. The van der Waals surface area contributed by atoms with Gasteiger partial charge in [0.2, 0.25) is 5.91 Å². The van der Waals surface area contributed by atoms with Crippen molar-refractivity contribution in [2.75, 3.05) is 13.1 Å². The highest BCUT2D eigenvalue weighted by molar-refractivity contribution is 5.99. The van der Waals surface area contributed by atoms with E-state index in [0.717, 1.165) is 0 Å². The molecule has 0 N–H and O–H groups in total. The summed E-state index contributed by atoms with van der Waals surface area (Å²) in [5.41, 5.74) is 1.01. The van der Waals surface area contributed by atoms with Gasteiger partial charge in [-0.15, -0.1) is 0 Å². The lowest BCUT2D eigenvalue weighted by Gasteiger charge is -2.29. The summed E-state index contributed by atoms with van der Waals surface area (Å²) in [6, 6.07) is 8.43. The van der Waals surface area contributed by atoms with Crippen LogP contribution in [0.1, 0.15) is 42.1 Å². The van der Waals surface area contributed by atoms with E-state index in [1.54, 1.807) is 36.1 Å². The first-order chi connectivity index (χ1) is 10.5. The van der Waals surface area contributed by atoms with Crippen LogP contribution in [0.4, 0.5) is 0 Å². The number of benzene rings is 1. The summed E-state index contributed by atoms with van der Waals surface area (Å²) in [4.78, 5) is 26.2. The van der Waals surface area contributed by atoms with Gasteiger partial charge in [-0.1, -0.05) is 19.1 Å². The molecular weight excluding hydrogens is 280 g/mol. The number of rotatable bonds is 4. The lowest BCUT2D eigenvalue weighted by Crippen LogP contribution is -2.40. The van der Waals surface area contributed by atoms with E-state index < -0.39 is 12.0 Å². The maximum Gasteiger partial charge on any atom is 0.223 e. The number of nitrogens with zero attached hydrogens (tertiary/aromatic N) is 2. The first-order valence-electron chi connectivity index (χ1n) is 7.49. The van der Waals surface area contributed by atoms with E-state index in [1.807, 2.05) is 6.07 Å². The van der Waals surface area contributed by atoms with Crippen LogP contribution in [0, 0.1) is 17.2 Å². The molecule has 115 valence electrons. The van der Waals surface area contributed by atoms with Crippen molar-refractivity contribution in [1.29, 1.82) is 5.26 Å². The summed E-state index contributed by atoms with van der Waals surface area (Å²) >= 11 is 0. The molecule has 1 radical (unpaired) electrons. The van der Waals surface area contributed by atoms with Crippen molar-refractivity contribution in [3.63, 3.8) is 0 Å². The van der Waals surface area contributed by atoms with Crippen LogP contribution < -0.4 is 0 Å². The van der Waals surface area contributed by atoms with Gasteiger partial charge >= 0.3 is 0 Å². The van der Waals surface area contributed by atoms with Gasteiger partial charge in [0.15, 0.2) is 5.78 Å². The van der Waals surface area contributed by atoms with E-state index in [0.29, 0.717) is 37.1 Å². The van der Waals surface area contributed by atoms with Crippen LogP contribution >= 0.6 is 0 Å². The smallest absolute Gasteiger partial charge is 0.223 e. The maximum atomic E-state index is 12.3. The maximum absolute atomic E-state index is 12.3. The van der Waals surface area contributed by atoms with E-state index >= 15 is 0 Å². The predicted octanol–water partition coefficient (Wildman–Crippen LogP) is 2.19. The van der Waals surface area contributed by atoms with Gasteiger partial charge in [-0.25, -0.2) is 5.11 Å². The zero-order chi connectivity index (χ0) is 16.1. The van der Waals surface area contributed by atoms with Crippen LogP contribution in [0.15, 0.2) is 24.3 Å².